The minimum Gasteiger partial charge on any atom is -0.393 e. The average Bonchev–Trinajstić information content (AvgIpc) is 2.03. The minimum absolute atomic E-state index is 0.500. The molecular formula is C8H8ClNS2. The molecule has 4 heteroatoms. The molecule has 0 fully saturated rings. The molecule has 0 spiro atoms. The summed E-state index contributed by atoms with van der Waals surface area (Å²) in [5, 5.41) is 0.749. The molecule has 1 aromatic carbocycles. The number of thioether (sulfide) groups is 1. The molecule has 1 nitrogen and oxygen atoms in total. The van der Waals surface area contributed by atoms with Crippen LogP contribution in [0.2, 0.25) is 5.02 Å². The molecule has 0 saturated carbocycles. The van der Waals surface area contributed by atoms with Gasteiger partial charge in [-0.15, -0.1) is 11.8 Å². The van der Waals surface area contributed by atoms with Crippen LogP contribution in [-0.2, 0) is 0 Å². The van der Waals surface area contributed by atoms with E-state index in [-0.39, 0.29) is 0 Å². The van der Waals surface area contributed by atoms with Crippen LogP contribution in [0.1, 0.15) is 0 Å². The van der Waals surface area contributed by atoms with Gasteiger partial charge in [-0.2, -0.15) is 0 Å². The van der Waals surface area contributed by atoms with E-state index in [0.29, 0.717) is 10.7 Å². The summed E-state index contributed by atoms with van der Waals surface area (Å²) in [4.78, 5) is 1.52. The largest absolute Gasteiger partial charge is 0.393 e. The van der Waals surface area contributed by atoms with E-state index in [9.17, 15) is 0 Å². The second-order valence-corrected chi connectivity index (χ2v) is 4.13. The fourth-order valence-corrected chi connectivity index (χ4v) is 1.87. The highest BCUT2D eigenvalue weighted by Gasteiger charge is 1.99. The minimum atomic E-state index is 0.500. The molecule has 0 atom stereocenters. The van der Waals surface area contributed by atoms with Crippen LogP contribution >= 0.6 is 35.6 Å². The Morgan fingerprint density at radius 1 is 1.50 bits per heavy atom. The summed E-state index contributed by atoms with van der Waals surface area (Å²) in [6.45, 7) is 0. The number of rotatable bonds is 3. The van der Waals surface area contributed by atoms with Crippen molar-refractivity contribution in [3.8, 4) is 0 Å². The summed E-state index contributed by atoms with van der Waals surface area (Å²) in [5.41, 5.74) is 5.36. The van der Waals surface area contributed by atoms with E-state index in [1.54, 1.807) is 11.8 Å². The van der Waals surface area contributed by atoms with Gasteiger partial charge < -0.3 is 5.73 Å². The fourth-order valence-electron chi connectivity index (χ4n) is 0.711. The Bertz CT molecular complexity index is 288. The molecule has 0 aliphatic heterocycles. The molecule has 0 saturated heterocycles. The number of hydrogen-bond donors (Lipinski definition) is 1. The van der Waals surface area contributed by atoms with Crippen LogP contribution in [0.3, 0.4) is 0 Å². The van der Waals surface area contributed by atoms with E-state index in [1.165, 1.54) is 0 Å². The second kappa shape index (κ2) is 4.70. The van der Waals surface area contributed by atoms with Crippen LogP contribution in [-0.4, -0.2) is 10.7 Å². The van der Waals surface area contributed by atoms with Gasteiger partial charge in [0.1, 0.15) is 0 Å². The third kappa shape index (κ3) is 3.01. The van der Waals surface area contributed by atoms with Crippen molar-refractivity contribution in [1.29, 1.82) is 0 Å². The summed E-state index contributed by atoms with van der Waals surface area (Å²) in [6.07, 6.45) is 0. The quantitative estimate of drug-likeness (QED) is 0.623. The van der Waals surface area contributed by atoms with Gasteiger partial charge in [0.15, 0.2) is 0 Å². The Morgan fingerprint density at radius 3 is 2.75 bits per heavy atom. The third-order valence-electron chi connectivity index (χ3n) is 1.21. The first-order valence-corrected chi connectivity index (χ1v) is 5.13. The molecule has 64 valence electrons. The zero-order valence-electron chi connectivity index (χ0n) is 6.29. The SMILES string of the molecule is NC(=S)CSc1ccccc1Cl. The molecule has 0 amide bonds. The first kappa shape index (κ1) is 9.84. The van der Waals surface area contributed by atoms with Crippen molar-refractivity contribution in [2.24, 2.45) is 5.73 Å². The molecule has 0 aliphatic rings. The van der Waals surface area contributed by atoms with Gasteiger partial charge >= 0.3 is 0 Å². The van der Waals surface area contributed by atoms with E-state index >= 15 is 0 Å². The Balaban J connectivity index is 2.63. The second-order valence-electron chi connectivity index (χ2n) is 2.19. The number of benzene rings is 1. The van der Waals surface area contributed by atoms with Crippen molar-refractivity contribution in [3.05, 3.63) is 29.3 Å². The molecule has 12 heavy (non-hydrogen) atoms. The van der Waals surface area contributed by atoms with Gasteiger partial charge in [-0.1, -0.05) is 36.0 Å². The normalized spacial score (nSPS) is 9.75. The lowest BCUT2D eigenvalue weighted by Gasteiger charge is -2.01. The Labute approximate surface area is 86.3 Å². The first-order chi connectivity index (χ1) is 5.70. The van der Waals surface area contributed by atoms with Gasteiger partial charge in [0.2, 0.25) is 0 Å². The van der Waals surface area contributed by atoms with Crippen LogP contribution in [0.15, 0.2) is 29.2 Å². The number of hydrogen-bond acceptors (Lipinski definition) is 2. The Morgan fingerprint density at radius 2 is 2.17 bits per heavy atom. The predicted molar refractivity (Wildman–Crippen MR) is 59.0 cm³/mol. The molecule has 0 aromatic heterocycles. The molecular weight excluding hydrogens is 210 g/mol. The standard InChI is InChI=1S/C8H8ClNS2/c9-6-3-1-2-4-7(6)12-5-8(10)11/h1-4H,5H2,(H2,10,11). The molecule has 1 rings (SSSR count). The summed E-state index contributed by atoms with van der Waals surface area (Å²) in [5.74, 6) is 0.638. The van der Waals surface area contributed by atoms with Gasteiger partial charge in [0.05, 0.1) is 10.0 Å². The Kier molecular flexibility index (Phi) is 3.85. The maximum Gasteiger partial charge on any atom is 0.0831 e. The van der Waals surface area contributed by atoms with Gasteiger partial charge in [-0.25, -0.2) is 0 Å². The highest BCUT2D eigenvalue weighted by Crippen LogP contribution is 2.25. The van der Waals surface area contributed by atoms with Gasteiger partial charge in [-0.3, -0.25) is 0 Å². The lowest BCUT2D eigenvalue weighted by atomic mass is 10.4. The lowest BCUT2D eigenvalue weighted by molar-refractivity contribution is 1.46. The van der Waals surface area contributed by atoms with Crippen molar-refractivity contribution in [2.45, 2.75) is 4.90 Å². The molecule has 0 bridgehead atoms. The van der Waals surface area contributed by atoms with E-state index in [2.05, 4.69) is 0 Å². The number of nitrogens with two attached hydrogens (primary N) is 1. The van der Waals surface area contributed by atoms with Crippen molar-refractivity contribution in [1.82, 2.24) is 0 Å². The molecule has 2 N–H and O–H groups in total. The average molecular weight is 218 g/mol. The number of thiocarbonyl (C=S) groups is 1. The van der Waals surface area contributed by atoms with Gasteiger partial charge in [0, 0.05) is 10.6 Å². The van der Waals surface area contributed by atoms with Crippen LogP contribution in [0.5, 0.6) is 0 Å². The van der Waals surface area contributed by atoms with Crippen molar-refractivity contribution in [3.63, 3.8) is 0 Å². The topological polar surface area (TPSA) is 26.0 Å². The number of halogens is 1. The highest BCUT2D eigenvalue weighted by atomic mass is 35.5. The first-order valence-electron chi connectivity index (χ1n) is 3.36. The summed E-state index contributed by atoms with van der Waals surface area (Å²) in [6, 6.07) is 7.63. The maximum absolute atomic E-state index is 5.90. The molecule has 0 unspecified atom stereocenters. The van der Waals surface area contributed by atoms with Crippen molar-refractivity contribution in [2.75, 3.05) is 5.75 Å². The molecule has 0 radical (unpaired) electrons. The summed E-state index contributed by atoms with van der Waals surface area (Å²) < 4.78 is 0. The lowest BCUT2D eigenvalue weighted by Crippen LogP contribution is -2.10. The predicted octanol–water partition coefficient (Wildman–Crippen LogP) is 2.72. The van der Waals surface area contributed by atoms with Crippen molar-refractivity contribution >= 4 is 40.6 Å². The smallest absolute Gasteiger partial charge is 0.0831 e. The van der Waals surface area contributed by atoms with Crippen LogP contribution in [0, 0.1) is 0 Å². The van der Waals surface area contributed by atoms with E-state index < -0.39 is 0 Å². The molecule has 0 aliphatic carbocycles. The summed E-state index contributed by atoms with van der Waals surface area (Å²) in [7, 11) is 0. The summed E-state index contributed by atoms with van der Waals surface area (Å²) >= 11 is 12.2. The van der Waals surface area contributed by atoms with Crippen LogP contribution in [0.4, 0.5) is 0 Å². The zero-order chi connectivity index (χ0) is 8.97. The van der Waals surface area contributed by atoms with Crippen LogP contribution in [0.25, 0.3) is 0 Å². The molecule has 0 heterocycles. The highest BCUT2D eigenvalue weighted by molar-refractivity contribution is 8.01. The fraction of sp³-hybridized carbons (Fsp3) is 0.125. The van der Waals surface area contributed by atoms with E-state index in [1.807, 2.05) is 24.3 Å². The van der Waals surface area contributed by atoms with E-state index in [4.69, 9.17) is 29.6 Å². The maximum atomic E-state index is 5.90. The monoisotopic (exact) mass is 217 g/mol. The van der Waals surface area contributed by atoms with E-state index in [0.717, 1.165) is 9.92 Å². The molecule has 1 aromatic rings. The van der Waals surface area contributed by atoms with Crippen LogP contribution < -0.4 is 5.73 Å². The zero-order valence-corrected chi connectivity index (χ0v) is 8.68. The third-order valence-corrected chi connectivity index (χ3v) is 3.10. The van der Waals surface area contributed by atoms with Crippen molar-refractivity contribution < 1.29 is 0 Å². The van der Waals surface area contributed by atoms with Gasteiger partial charge in [0.25, 0.3) is 0 Å². The van der Waals surface area contributed by atoms with Gasteiger partial charge in [-0.05, 0) is 12.1 Å². The Hall–Kier alpha value is -0.250.